The number of aryl methyl sites for hydroxylation is 1. The van der Waals surface area contributed by atoms with E-state index in [1.807, 2.05) is 35.1 Å². The normalized spacial score (nSPS) is 12.2. The molecule has 1 aromatic heterocycles. The van der Waals surface area contributed by atoms with Crippen LogP contribution < -0.4 is 14.8 Å². The van der Waals surface area contributed by atoms with Gasteiger partial charge in [-0.15, -0.1) is 0 Å². The third-order valence-electron chi connectivity index (χ3n) is 3.60. The molecule has 3 rings (SSSR count). The van der Waals surface area contributed by atoms with Gasteiger partial charge in [-0.25, -0.2) is 4.79 Å². The Kier molecular flexibility index (Phi) is 4.65. The largest absolute Gasteiger partial charge is 0.454 e. The van der Waals surface area contributed by atoms with Gasteiger partial charge in [0.15, 0.2) is 11.5 Å². The second-order valence-corrected chi connectivity index (χ2v) is 5.40. The standard InChI is InChI=1S/C16H20N4O3/c1-19(11-13-4-5-14-15(10-13)23-12-22-14)16(21)17-6-2-8-20-9-3-7-18-20/h3-5,7,9-10H,2,6,8,11-12H2,1H3,(H,17,21). The first-order valence-electron chi connectivity index (χ1n) is 7.57. The summed E-state index contributed by atoms with van der Waals surface area (Å²) in [4.78, 5) is 13.7. The lowest BCUT2D eigenvalue weighted by Gasteiger charge is -2.18. The van der Waals surface area contributed by atoms with E-state index >= 15 is 0 Å². The first kappa shape index (κ1) is 15.2. The number of nitrogens with one attached hydrogen (secondary N) is 1. The maximum Gasteiger partial charge on any atom is 0.317 e. The Morgan fingerprint density at radius 1 is 1.39 bits per heavy atom. The first-order chi connectivity index (χ1) is 11.2. The summed E-state index contributed by atoms with van der Waals surface area (Å²) in [7, 11) is 1.77. The number of hydrogen-bond acceptors (Lipinski definition) is 4. The molecular formula is C16H20N4O3. The van der Waals surface area contributed by atoms with Gasteiger partial charge in [-0.3, -0.25) is 4.68 Å². The Labute approximate surface area is 134 Å². The molecule has 23 heavy (non-hydrogen) atoms. The smallest absolute Gasteiger partial charge is 0.317 e. The third kappa shape index (κ3) is 3.94. The van der Waals surface area contributed by atoms with E-state index in [9.17, 15) is 4.79 Å². The quantitative estimate of drug-likeness (QED) is 0.826. The van der Waals surface area contributed by atoms with E-state index in [1.165, 1.54) is 0 Å². The summed E-state index contributed by atoms with van der Waals surface area (Å²) in [5.41, 5.74) is 1.00. The van der Waals surface area contributed by atoms with Crippen LogP contribution in [0.25, 0.3) is 0 Å². The summed E-state index contributed by atoms with van der Waals surface area (Å²) in [6.07, 6.45) is 4.50. The van der Waals surface area contributed by atoms with E-state index in [0.29, 0.717) is 13.1 Å². The van der Waals surface area contributed by atoms with Crippen molar-refractivity contribution in [3.63, 3.8) is 0 Å². The van der Waals surface area contributed by atoms with Crippen LogP contribution in [-0.2, 0) is 13.1 Å². The van der Waals surface area contributed by atoms with Crippen molar-refractivity contribution in [3.8, 4) is 11.5 Å². The van der Waals surface area contributed by atoms with Gasteiger partial charge in [0.25, 0.3) is 0 Å². The Balaban J connectivity index is 1.42. The number of carbonyl (C=O) groups excluding carboxylic acids is 1. The van der Waals surface area contributed by atoms with Gasteiger partial charge in [0, 0.05) is 39.1 Å². The Bertz CT molecular complexity index is 657. The Morgan fingerprint density at radius 3 is 3.09 bits per heavy atom. The average molecular weight is 316 g/mol. The maximum absolute atomic E-state index is 12.1. The van der Waals surface area contributed by atoms with Crippen LogP contribution in [0.3, 0.4) is 0 Å². The van der Waals surface area contributed by atoms with Gasteiger partial charge in [0.2, 0.25) is 6.79 Å². The summed E-state index contributed by atoms with van der Waals surface area (Å²) in [5.74, 6) is 1.48. The summed E-state index contributed by atoms with van der Waals surface area (Å²) in [5, 5.41) is 7.03. The molecule has 7 nitrogen and oxygen atoms in total. The highest BCUT2D eigenvalue weighted by Gasteiger charge is 2.15. The molecule has 1 aliphatic rings. The number of benzene rings is 1. The monoisotopic (exact) mass is 316 g/mol. The van der Waals surface area contributed by atoms with Crippen molar-refractivity contribution in [3.05, 3.63) is 42.2 Å². The van der Waals surface area contributed by atoms with Crippen molar-refractivity contribution in [1.82, 2.24) is 20.0 Å². The van der Waals surface area contributed by atoms with E-state index in [2.05, 4.69) is 10.4 Å². The van der Waals surface area contributed by atoms with Gasteiger partial charge in [-0.05, 0) is 30.2 Å². The van der Waals surface area contributed by atoms with Crippen LogP contribution in [0.5, 0.6) is 11.5 Å². The second-order valence-electron chi connectivity index (χ2n) is 5.40. The number of fused-ring (bicyclic) bond motifs is 1. The zero-order valence-corrected chi connectivity index (χ0v) is 13.1. The summed E-state index contributed by atoms with van der Waals surface area (Å²) >= 11 is 0. The fraction of sp³-hybridized carbons (Fsp3) is 0.375. The number of carbonyl (C=O) groups is 1. The number of ether oxygens (including phenoxy) is 2. The molecule has 0 fully saturated rings. The number of aromatic nitrogens is 2. The van der Waals surface area contributed by atoms with Gasteiger partial charge < -0.3 is 19.7 Å². The molecule has 2 aromatic rings. The highest BCUT2D eigenvalue weighted by molar-refractivity contribution is 5.73. The van der Waals surface area contributed by atoms with E-state index < -0.39 is 0 Å². The van der Waals surface area contributed by atoms with Crippen LogP contribution in [0.4, 0.5) is 4.79 Å². The molecule has 1 aliphatic heterocycles. The molecule has 2 heterocycles. The molecule has 0 bridgehead atoms. The van der Waals surface area contributed by atoms with Crippen molar-refractivity contribution in [1.29, 1.82) is 0 Å². The van der Waals surface area contributed by atoms with E-state index in [1.54, 1.807) is 18.1 Å². The van der Waals surface area contributed by atoms with Gasteiger partial charge >= 0.3 is 6.03 Å². The summed E-state index contributed by atoms with van der Waals surface area (Å²) in [6.45, 7) is 2.18. The van der Waals surface area contributed by atoms with Gasteiger partial charge in [-0.1, -0.05) is 6.07 Å². The topological polar surface area (TPSA) is 68.6 Å². The second kappa shape index (κ2) is 7.04. The highest BCUT2D eigenvalue weighted by atomic mass is 16.7. The molecular weight excluding hydrogens is 296 g/mol. The van der Waals surface area contributed by atoms with Crippen molar-refractivity contribution >= 4 is 6.03 Å². The van der Waals surface area contributed by atoms with Crippen molar-refractivity contribution in [2.24, 2.45) is 0 Å². The molecule has 2 amide bonds. The van der Waals surface area contributed by atoms with Gasteiger partial charge in [-0.2, -0.15) is 5.10 Å². The highest BCUT2D eigenvalue weighted by Crippen LogP contribution is 2.32. The van der Waals surface area contributed by atoms with Crippen molar-refractivity contribution in [2.45, 2.75) is 19.5 Å². The lowest BCUT2D eigenvalue weighted by molar-refractivity contribution is 0.174. The van der Waals surface area contributed by atoms with Crippen molar-refractivity contribution in [2.75, 3.05) is 20.4 Å². The maximum atomic E-state index is 12.1. The SMILES string of the molecule is CN(Cc1ccc2c(c1)OCO2)C(=O)NCCCn1cccn1. The minimum Gasteiger partial charge on any atom is -0.454 e. The molecule has 1 aromatic carbocycles. The minimum atomic E-state index is -0.0943. The lowest BCUT2D eigenvalue weighted by atomic mass is 10.2. The van der Waals surface area contributed by atoms with E-state index in [4.69, 9.17) is 9.47 Å². The third-order valence-corrected chi connectivity index (χ3v) is 3.60. The number of nitrogens with zero attached hydrogens (tertiary/aromatic N) is 3. The molecule has 1 N–H and O–H groups in total. The minimum absolute atomic E-state index is 0.0943. The van der Waals surface area contributed by atoms with Crippen LogP contribution in [0.2, 0.25) is 0 Å². The van der Waals surface area contributed by atoms with Crippen molar-refractivity contribution < 1.29 is 14.3 Å². The number of hydrogen-bond donors (Lipinski definition) is 1. The summed E-state index contributed by atoms with van der Waals surface area (Å²) < 4.78 is 12.5. The van der Waals surface area contributed by atoms with Crippen LogP contribution in [-0.4, -0.2) is 41.1 Å². The zero-order chi connectivity index (χ0) is 16.1. The molecule has 0 radical (unpaired) electrons. The fourth-order valence-corrected chi connectivity index (χ4v) is 2.39. The van der Waals surface area contributed by atoms with Crippen LogP contribution in [0.1, 0.15) is 12.0 Å². The molecule has 122 valence electrons. The molecule has 0 saturated heterocycles. The predicted octanol–water partition coefficient (Wildman–Crippen LogP) is 1.84. The van der Waals surface area contributed by atoms with Crippen LogP contribution in [0.15, 0.2) is 36.7 Å². The molecule has 0 aliphatic carbocycles. The Morgan fingerprint density at radius 2 is 2.26 bits per heavy atom. The first-order valence-corrected chi connectivity index (χ1v) is 7.57. The fourth-order valence-electron chi connectivity index (χ4n) is 2.39. The molecule has 0 saturated carbocycles. The number of urea groups is 1. The van der Waals surface area contributed by atoms with Gasteiger partial charge in [0.1, 0.15) is 0 Å². The van der Waals surface area contributed by atoms with Gasteiger partial charge in [0.05, 0.1) is 0 Å². The van der Waals surface area contributed by atoms with E-state index in [0.717, 1.165) is 30.0 Å². The molecule has 0 unspecified atom stereocenters. The van der Waals surface area contributed by atoms with Crippen LogP contribution in [0, 0.1) is 0 Å². The number of amides is 2. The Hall–Kier alpha value is -2.70. The zero-order valence-electron chi connectivity index (χ0n) is 13.1. The summed E-state index contributed by atoms with van der Waals surface area (Å²) in [6, 6.07) is 7.51. The molecule has 0 atom stereocenters. The lowest BCUT2D eigenvalue weighted by Crippen LogP contribution is -2.37. The number of rotatable bonds is 6. The van der Waals surface area contributed by atoms with E-state index in [-0.39, 0.29) is 12.8 Å². The molecule has 7 heteroatoms. The molecule has 0 spiro atoms. The van der Waals surface area contributed by atoms with Crippen LogP contribution >= 0.6 is 0 Å². The predicted molar refractivity (Wildman–Crippen MR) is 84.3 cm³/mol. The average Bonchev–Trinajstić information content (AvgIpc) is 3.22.